The van der Waals surface area contributed by atoms with Crippen molar-refractivity contribution in [3.8, 4) is 0 Å². The average Bonchev–Trinajstić information content (AvgIpc) is 2.46. The molecule has 2 aromatic rings. The van der Waals surface area contributed by atoms with Crippen LogP contribution in [0.15, 0.2) is 48.5 Å². The largest absolute Gasteiger partial charge is 0.365 e. The van der Waals surface area contributed by atoms with E-state index in [1.165, 1.54) is 12.1 Å². The van der Waals surface area contributed by atoms with Crippen LogP contribution in [0.5, 0.6) is 0 Å². The van der Waals surface area contributed by atoms with E-state index in [4.69, 9.17) is 4.74 Å². The molecule has 0 radical (unpaired) electrons. The Bertz CT molecular complexity index is 588. The normalized spacial score (nSPS) is 14.0. The standard InChI is InChI=1S/C16H15BrF2O/c1-16(11-17,13-7-3-5-9-15(13)19)20-10-12-6-2-4-8-14(12)18/h2-9H,10-11H2,1H3. The fourth-order valence-electron chi connectivity index (χ4n) is 1.93. The third-order valence-electron chi connectivity index (χ3n) is 3.20. The van der Waals surface area contributed by atoms with E-state index in [-0.39, 0.29) is 18.2 Å². The Hall–Kier alpha value is -1.26. The van der Waals surface area contributed by atoms with E-state index in [1.54, 1.807) is 43.3 Å². The maximum atomic E-state index is 13.9. The van der Waals surface area contributed by atoms with Gasteiger partial charge in [0, 0.05) is 16.5 Å². The summed E-state index contributed by atoms with van der Waals surface area (Å²) in [6.07, 6.45) is 0. The molecule has 0 aliphatic carbocycles. The number of ether oxygens (including phenoxy) is 1. The van der Waals surface area contributed by atoms with Gasteiger partial charge >= 0.3 is 0 Å². The minimum atomic E-state index is -0.854. The van der Waals surface area contributed by atoms with Gasteiger partial charge in [-0.05, 0) is 19.1 Å². The highest BCUT2D eigenvalue weighted by atomic mass is 79.9. The summed E-state index contributed by atoms with van der Waals surface area (Å²) in [4.78, 5) is 0. The van der Waals surface area contributed by atoms with Crippen LogP contribution in [-0.4, -0.2) is 5.33 Å². The second-order valence-corrected chi connectivity index (χ2v) is 5.29. The Morgan fingerprint density at radius 1 is 1.00 bits per heavy atom. The smallest absolute Gasteiger partial charge is 0.129 e. The van der Waals surface area contributed by atoms with E-state index in [2.05, 4.69) is 15.9 Å². The molecule has 0 aliphatic rings. The van der Waals surface area contributed by atoms with Crippen molar-refractivity contribution >= 4 is 15.9 Å². The van der Waals surface area contributed by atoms with Crippen LogP contribution in [0, 0.1) is 11.6 Å². The maximum absolute atomic E-state index is 13.9. The molecule has 1 atom stereocenters. The highest BCUT2D eigenvalue weighted by Crippen LogP contribution is 2.31. The molecule has 0 aromatic heterocycles. The van der Waals surface area contributed by atoms with Crippen LogP contribution in [0.1, 0.15) is 18.1 Å². The van der Waals surface area contributed by atoms with Crippen LogP contribution in [0.25, 0.3) is 0 Å². The van der Waals surface area contributed by atoms with Crippen molar-refractivity contribution < 1.29 is 13.5 Å². The van der Waals surface area contributed by atoms with Gasteiger partial charge in [0.2, 0.25) is 0 Å². The van der Waals surface area contributed by atoms with Gasteiger partial charge in [-0.1, -0.05) is 52.3 Å². The summed E-state index contributed by atoms with van der Waals surface area (Å²) in [7, 11) is 0. The molecule has 2 rings (SSSR count). The van der Waals surface area contributed by atoms with Gasteiger partial charge in [0.1, 0.15) is 17.2 Å². The van der Waals surface area contributed by atoms with Crippen LogP contribution < -0.4 is 0 Å². The van der Waals surface area contributed by atoms with E-state index in [1.807, 2.05) is 0 Å². The van der Waals surface area contributed by atoms with Gasteiger partial charge in [-0.3, -0.25) is 0 Å². The van der Waals surface area contributed by atoms with E-state index >= 15 is 0 Å². The maximum Gasteiger partial charge on any atom is 0.129 e. The van der Waals surface area contributed by atoms with E-state index < -0.39 is 5.60 Å². The van der Waals surface area contributed by atoms with Crippen molar-refractivity contribution in [1.82, 2.24) is 0 Å². The van der Waals surface area contributed by atoms with Crippen molar-refractivity contribution in [2.24, 2.45) is 0 Å². The molecule has 0 saturated heterocycles. The van der Waals surface area contributed by atoms with E-state index in [0.717, 1.165) is 0 Å². The van der Waals surface area contributed by atoms with Crippen LogP contribution >= 0.6 is 15.9 Å². The molecule has 0 aliphatic heterocycles. The lowest BCUT2D eigenvalue weighted by Crippen LogP contribution is -2.29. The Morgan fingerprint density at radius 2 is 1.60 bits per heavy atom. The Balaban J connectivity index is 2.21. The zero-order valence-corrected chi connectivity index (χ0v) is 12.7. The summed E-state index contributed by atoms with van der Waals surface area (Å²) < 4.78 is 33.3. The Kier molecular flexibility index (Phi) is 4.89. The van der Waals surface area contributed by atoms with Crippen LogP contribution in [0.2, 0.25) is 0 Å². The molecule has 0 amide bonds. The molecule has 0 N–H and O–H groups in total. The quantitative estimate of drug-likeness (QED) is 0.711. The van der Waals surface area contributed by atoms with Crippen LogP contribution in [0.3, 0.4) is 0 Å². The predicted molar refractivity (Wildman–Crippen MR) is 78.7 cm³/mol. The van der Waals surface area contributed by atoms with Gasteiger partial charge in [0.05, 0.1) is 6.61 Å². The number of halogens is 3. The third-order valence-corrected chi connectivity index (χ3v) is 4.27. The lowest BCUT2D eigenvalue weighted by molar-refractivity contribution is -0.0322. The second-order valence-electron chi connectivity index (χ2n) is 4.72. The van der Waals surface area contributed by atoms with Gasteiger partial charge in [-0.25, -0.2) is 8.78 Å². The first kappa shape index (κ1) is 15.1. The second kappa shape index (κ2) is 6.46. The molecule has 1 nitrogen and oxygen atoms in total. The summed E-state index contributed by atoms with van der Waals surface area (Å²) in [5.41, 5.74) is 0.0531. The molecule has 4 heteroatoms. The van der Waals surface area contributed by atoms with Crippen LogP contribution in [-0.2, 0) is 16.9 Å². The summed E-state index contributed by atoms with van der Waals surface area (Å²) in [5, 5.41) is 0.412. The fourth-order valence-corrected chi connectivity index (χ4v) is 2.39. The van der Waals surface area contributed by atoms with Gasteiger partial charge in [0.15, 0.2) is 0 Å². The van der Waals surface area contributed by atoms with Crippen molar-refractivity contribution in [3.63, 3.8) is 0 Å². The molecule has 0 fully saturated rings. The molecule has 0 spiro atoms. The minimum Gasteiger partial charge on any atom is -0.365 e. The SMILES string of the molecule is CC(CBr)(OCc1ccccc1F)c1ccccc1F. The molecule has 0 heterocycles. The van der Waals surface area contributed by atoms with Crippen molar-refractivity contribution in [1.29, 1.82) is 0 Å². The Morgan fingerprint density at radius 3 is 2.20 bits per heavy atom. The van der Waals surface area contributed by atoms with E-state index in [9.17, 15) is 8.78 Å². The number of alkyl halides is 1. The van der Waals surface area contributed by atoms with Gasteiger partial charge in [0.25, 0.3) is 0 Å². The van der Waals surface area contributed by atoms with Gasteiger partial charge in [-0.15, -0.1) is 0 Å². The summed E-state index contributed by atoms with van der Waals surface area (Å²) in [6.45, 7) is 1.87. The highest BCUT2D eigenvalue weighted by molar-refractivity contribution is 9.09. The summed E-state index contributed by atoms with van der Waals surface area (Å²) >= 11 is 3.35. The van der Waals surface area contributed by atoms with Crippen molar-refractivity contribution in [3.05, 3.63) is 71.3 Å². The molecule has 20 heavy (non-hydrogen) atoms. The summed E-state index contributed by atoms with van der Waals surface area (Å²) in [5.74, 6) is -0.652. The van der Waals surface area contributed by atoms with Gasteiger partial charge in [-0.2, -0.15) is 0 Å². The number of hydrogen-bond acceptors (Lipinski definition) is 1. The minimum absolute atomic E-state index is 0.0864. The monoisotopic (exact) mass is 340 g/mol. The van der Waals surface area contributed by atoms with Crippen LogP contribution in [0.4, 0.5) is 8.78 Å². The zero-order valence-electron chi connectivity index (χ0n) is 11.1. The lowest BCUT2D eigenvalue weighted by Gasteiger charge is -2.29. The topological polar surface area (TPSA) is 9.23 Å². The third kappa shape index (κ3) is 3.25. The lowest BCUT2D eigenvalue weighted by atomic mass is 9.97. The average molecular weight is 341 g/mol. The first-order valence-corrected chi connectivity index (χ1v) is 7.37. The zero-order chi connectivity index (χ0) is 14.6. The molecule has 0 saturated carbocycles. The number of benzene rings is 2. The molecular formula is C16H15BrF2O. The molecule has 106 valence electrons. The molecule has 1 unspecified atom stereocenters. The molecule has 2 aromatic carbocycles. The first-order valence-electron chi connectivity index (χ1n) is 6.25. The first-order chi connectivity index (χ1) is 9.57. The van der Waals surface area contributed by atoms with Gasteiger partial charge < -0.3 is 4.74 Å². The Labute approximate surface area is 125 Å². The summed E-state index contributed by atoms with van der Waals surface area (Å²) in [6, 6.07) is 12.9. The highest BCUT2D eigenvalue weighted by Gasteiger charge is 2.29. The van der Waals surface area contributed by atoms with Crippen molar-refractivity contribution in [2.75, 3.05) is 5.33 Å². The van der Waals surface area contributed by atoms with E-state index in [0.29, 0.717) is 16.5 Å². The number of rotatable bonds is 5. The van der Waals surface area contributed by atoms with Crippen molar-refractivity contribution in [2.45, 2.75) is 19.1 Å². The molecular weight excluding hydrogens is 326 g/mol. The molecule has 0 bridgehead atoms. The predicted octanol–water partition coefficient (Wildman–Crippen LogP) is 4.79. The number of hydrogen-bond donors (Lipinski definition) is 0. The fraction of sp³-hybridized carbons (Fsp3) is 0.250.